The molecule has 0 radical (unpaired) electrons. The number of anilines is 1. The lowest BCUT2D eigenvalue weighted by molar-refractivity contribution is -0.142. The Hall–Kier alpha value is -2.50. The largest absolute Gasteiger partial charge is 0.497 e. The summed E-state index contributed by atoms with van der Waals surface area (Å²) < 4.78 is 9.92. The van der Waals surface area contributed by atoms with E-state index in [9.17, 15) is 9.59 Å². The maximum Gasteiger partial charge on any atom is 0.331 e. The Balaban J connectivity index is 1.83. The van der Waals surface area contributed by atoms with Crippen LogP contribution >= 0.6 is 23.2 Å². The standard InChI is InChI=1S/C18H15Cl2NO4/c1-24-13-8-5-12(6-9-13)7-10-17(23)25-11-16(22)21-15-4-2-3-14(19)18(15)20/h2-10H,11H2,1H3,(H,21,22)/b10-7+. The van der Waals surface area contributed by atoms with Crippen molar-refractivity contribution in [3.05, 3.63) is 64.1 Å². The van der Waals surface area contributed by atoms with Crippen molar-refractivity contribution in [2.24, 2.45) is 0 Å². The van der Waals surface area contributed by atoms with Gasteiger partial charge in [0.2, 0.25) is 0 Å². The lowest BCUT2D eigenvalue weighted by atomic mass is 10.2. The van der Waals surface area contributed by atoms with E-state index in [1.807, 2.05) is 0 Å². The number of hydrogen-bond acceptors (Lipinski definition) is 4. The molecule has 0 fully saturated rings. The van der Waals surface area contributed by atoms with Crippen LogP contribution in [0.3, 0.4) is 0 Å². The van der Waals surface area contributed by atoms with Crippen molar-refractivity contribution in [1.82, 2.24) is 0 Å². The number of nitrogens with one attached hydrogen (secondary N) is 1. The molecule has 2 rings (SSSR count). The summed E-state index contributed by atoms with van der Waals surface area (Å²) in [6, 6.07) is 12.0. The van der Waals surface area contributed by atoms with E-state index in [-0.39, 0.29) is 5.02 Å². The number of amides is 1. The molecule has 1 amide bonds. The molecule has 5 nitrogen and oxygen atoms in total. The second-order valence-corrected chi connectivity index (χ2v) is 5.65. The van der Waals surface area contributed by atoms with Crippen molar-refractivity contribution >= 4 is 46.8 Å². The molecule has 7 heteroatoms. The Morgan fingerprint density at radius 1 is 1.12 bits per heavy atom. The Bertz CT molecular complexity index is 788. The second kappa shape index (κ2) is 9.11. The van der Waals surface area contributed by atoms with Crippen molar-refractivity contribution in [3.8, 4) is 5.75 Å². The summed E-state index contributed by atoms with van der Waals surface area (Å²) in [5.41, 5.74) is 1.15. The molecule has 0 unspecified atom stereocenters. The smallest absolute Gasteiger partial charge is 0.331 e. The van der Waals surface area contributed by atoms with Gasteiger partial charge >= 0.3 is 5.97 Å². The molecule has 0 saturated heterocycles. The zero-order valence-corrected chi connectivity index (χ0v) is 14.8. The quantitative estimate of drug-likeness (QED) is 0.603. The fourth-order valence-corrected chi connectivity index (χ4v) is 2.20. The fourth-order valence-electron chi connectivity index (χ4n) is 1.85. The number of halogens is 2. The van der Waals surface area contributed by atoms with Gasteiger partial charge < -0.3 is 14.8 Å². The molecule has 2 aromatic carbocycles. The number of benzene rings is 2. The number of carbonyl (C=O) groups is 2. The molecule has 0 bridgehead atoms. The van der Waals surface area contributed by atoms with E-state index in [0.717, 1.165) is 11.3 Å². The Morgan fingerprint density at radius 3 is 2.52 bits per heavy atom. The minimum absolute atomic E-state index is 0.225. The van der Waals surface area contributed by atoms with Gasteiger partial charge in [-0.2, -0.15) is 0 Å². The van der Waals surface area contributed by atoms with Crippen LogP contribution in [0.15, 0.2) is 48.5 Å². The summed E-state index contributed by atoms with van der Waals surface area (Å²) in [6.45, 7) is -0.436. The van der Waals surface area contributed by atoms with Gasteiger partial charge in [-0.15, -0.1) is 0 Å². The highest BCUT2D eigenvalue weighted by Crippen LogP contribution is 2.29. The molecule has 0 aliphatic heterocycles. The molecule has 0 aromatic heterocycles. The highest BCUT2D eigenvalue weighted by Gasteiger charge is 2.09. The first-order valence-electron chi connectivity index (χ1n) is 7.22. The molecule has 0 aliphatic carbocycles. The van der Waals surface area contributed by atoms with E-state index in [2.05, 4.69) is 5.32 Å². The molecule has 25 heavy (non-hydrogen) atoms. The lowest BCUT2D eigenvalue weighted by Gasteiger charge is -2.08. The molecule has 0 heterocycles. The van der Waals surface area contributed by atoms with E-state index in [1.54, 1.807) is 55.7 Å². The van der Waals surface area contributed by atoms with Crippen molar-refractivity contribution in [3.63, 3.8) is 0 Å². The van der Waals surface area contributed by atoms with Crippen LogP contribution in [-0.4, -0.2) is 25.6 Å². The molecular weight excluding hydrogens is 365 g/mol. The maximum absolute atomic E-state index is 11.8. The van der Waals surface area contributed by atoms with Gasteiger partial charge in [0.15, 0.2) is 6.61 Å². The van der Waals surface area contributed by atoms with Crippen LogP contribution in [-0.2, 0) is 14.3 Å². The molecule has 0 saturated carbocycles. The third-order valence-corrected chi connectivity index (χ3v) is 3.92. The first kappa shape index (κ1) is 18.8. The van der Waals surface area contributed by atoms with Gasteiger partial charge in [0.25, 0.3) is 5.91 Å². The summed E-state index contributed by atoms with van der Waals surface area (Å²) in [4.78, 5) is 23.5. The van der Waals surface area contributed by atoms with E-state index in [1.165, 1.54) is 6.08 Å². The third kappa shape index (κ3) is 5.81. The highest BCUT2D eigenvalue weighted by molar-refractivity contribution is 6.44. The topological polar surface area (TPSA) is 64.6 Å². The molecular formula is C18H15Cl2NO4. The van der Waals surface area contributed by atoms with E-state index >= 15 is 0 Å². The SMILES string of the molecule is COc1ccc(/C=C/C(=O)OCC(=O)Nc2cccc(Cl)c2Cl)cc1. The van der Waals surface area contributed by atoms with Gasteiger partial charge in [0.05, 0.1) is 22.8 Å². The van der Waals surface area contributed by atoms with Crippen molar-refractivity contribution < 1.29 is 19.1 Å². The van der Waals surface area contributed by atoms with Gasteiger partial charge in [0, 0.05) is 6.08 Å². The minimum Gasteiger partial charge on any atom is -0.497 e. The van der Waals surface area contributed by atoms with E-state index in [0.29, 0.717) is 10.7 Å². The number of carbonyl (C=O) groups excluding carboxylic acids is 2. The number of ether oxygens (including phenoxy) is 2. The molecule has 2 aromatic rings. The van der Waals surface area contributed by atoms with Gasteiger partial charge in [-0.05, 0) is 35.9 Å². The molecule has 1 N–H and O–H groups in total. The summed E-state index contributed by atoms with van der Waals surface area (Å²) in [6.07, 6.45) is 2.81. The van der Waals surface area contributed by atoms with Crippen molar-refractivity contribution in [2.75, 3.05) is 19.0 Å². The Morgan fingerprint density at radius 2 is 1.84 bits per heavy atom. The van der Waals surface area contributed by atoms with Crippen molar-refractivity contribution in [2.45, 2.75) is 0 Å². The second-order valence-electron chi connectivity index (χ2n) is 4.86. The zero-order valence-electron chi connectivity index (χ0n) is 13.3. The van der Waals surface area contributed by atoms with Crippen LogP contribution in [0.1, 0.15) is 5.56 Å². The summed E-state index contributed by atoms with van der Waals surface area (Å²) in [5.74, 6) is -0.436. The highest BCUT2D eigenvalue weighted by atomic mass is 35.5. The van der Waals surface area contributed by atoms with Gasteiger partial charge in [-0.25, -0.2) is 4.79 Å². The fraction of sp³-hybridized carbons (Fsp3) is 0.111. The van der Waals surface area contributed by atoms with Crippen LogP contribution < -0.4 is 10.1 Å². The number of hydrogen-bond donors (Lipinski definition) is 1. The number of methoxy groups -OCH3 is 1. The average molecular weight is 380 g/mol. The maximum atomic E-state index is 11.8. The van der Waals surface area contributed by atoms with Crippen LogP contribution in [0.4, 0.5) is 5.69 Å². The first-order valence-corrected chi connectivity index (χ1v) is 7.98. The number of rotatable bonds is 6. The summed E-state index contributed by atoms with van der Waals surface area (Å²) in [5, 5.41) is 3.07. The van der Waals surface area contributed by atoms with Gasteiger partial charge in [-0.3, -0.25) is 4.79 Å². The van der Waals surface area contributed by atoms with E-state index in [4.69, 9.17) is 32.7 Å². The van der Waals surface area contributed by atoms with Crippen molar-refractivity contribution in [1.29, 1.82) is 0 Å². The zero-order chi connectivity index (χ0) is 18.2. The monoisotopic (exact) mass is 379 g/mol. The van der Waals surface area contributed by atoms with Gasteiger partial charge in [-0.1, -0.05) is 41.4 Å². The molecule has 130 valence electrons. The molecule has 0 spiro atoms. The van der Waals surface area contributed by atoms with Crippen LogP contribution in [0, 0.1) is 0 Å². The van der Waals surface area contributed by atoms with Crippen LogP contribution in [0.5, 0.6) is 5.75 Å². The predicted molar refractivity (Wildman–Crippen MR) is 98.1 cm³/mol. The van der Waals surface area contributed by atoms with Crippen LogP contribution in [0.2, 0.25) is 10.0 Å². The third-order valence-electron chi connectivity index (χ3n) is 3.10. The lowest BCUT2D eigenvalue weighted by Crippen LogP contribution is -2.20. The number of esters is 1. The average Bonchev–Trinajstić information content (AvgIpc) is 2.62. The molecule has 0 atom stereocenters. The molecule has 0 aliphatic rings. The Labute approximate surface area is 155 Å². The van der Waals surface area contributed by atoms with E-state index < -0.39 is 18.5 Å². The predicted octanol–water partition coefficient (Wildman–Crippen LogP) is 4.20. The normalized spacial score (nSPS) is 10.5. The summed E-state index contributed by atoms with van der Waals surface area (Å²) >= 11 is 11.8. The van der Waals surface area contributed by atoms with Crippen LogP contribution in [0.25, 0.3) is 6.08 Å². The van der Waals surface area contributed by atoms with Gasteiger partial charge in [0.1, 0.15) is 5.75 Å². The minimum atomic E-state index is -0.636. The Kier molecular flexibility index (Phi) is 6.86. The first-order chi connectivity index (χ1) is 12.0. The summed E-state index contributed by atoms with van der Waals surface area (Å²) in [7, 11) is 1.57.